The molecule has 0 aromatic rings. The molecule has 1 aliphatic rings. The number of aliphatic hydroxyl groups is 1. The van der Waals surface area contributed by atoms with Crippen molar-refractivity contribution in [2.24, 2.45) is 4.99 Å². The molecule has 1 N–H and O–H groups in total. The van der Waals surface area contributed by atoms with Crippen molar-refractivity contribution in [3.63, 3.8) is 0 Å². The van der Waals surface area contributed by atoms with Crippen molar-refractivity contribution >= 4 is 6.34 Å². The molecule has 4 heteroatoms. The Hall–Kier alpha value is -0.380. The van der Waals surface area contributed by atoms with Crippen molar-refractivity contribution in [3.8, 4) is 0 Å². The number of aliphatic imine (C=N–C) groups is 1. The molecule has 0 saturated carbocycles. The quantitative estimate of drug-likeness (QED) is 0.430. The minimum Gasteiger partial charge on any atom is -1.00 e. The molecule has 0 saturated heterocycles. The molecule has 0 aliphatic carbocycles. The largest absolute Gasteiger partial charge is 1.00 e. The molecule has 0 bridgehead atoms. The number of nitrogens with zero attached hydrogens (tertiary/aromatic N) is 2. The van der Waals surface area contributed by atoms with Crippen LogP contribution in [0.3, 0.4) is 0 Å². The number of quaternary nitrogens is 1. The monoisotopic (exact) mass is 162 g/mol. The summed E-state index contributed by atoms with van der Waals surface area (Å²) in [7, 11) is 1.99. The van der Waals surface area contributed by atoms with Gasteiger partial charge < -0.3 is 17.5 Å². The van der Waals surface area contributed by atoms with E-state index in [1.807, 2.05) is 13.2 Å². The first-order valence-electron chi connectivity index (χ1n) is 2.95. The average molecular weight is 163 g/mol. The molecular weight excluding hydrogens is 152 g/mol. The molecule has 0 radical (unpaired) electrons. The predicted octanol–water partition coefficient (Wildman–Crippen LogP) is -3.06. The molecule has 0 aromatic heterocycles. The standard InChI is InChI=1S/C6H11N2O.ClH/c1-8(4-5-9)3-2-7-6-8;/h2-3,6,9H,4-5H2,1H3;1H/q+1;/p-1. The summed E-state index contributed by atoms with van der Waals surface area (Å²) < 4.78 is 0.622. The van der Waals surface area contributed by atoms with Gasteiger partial charge in [0.05, 0.1) is 19.9 Å². The SMILES string of the molecule is C[N+]1(CCO)C=CN=C1.[Cl-]. The van der Waals surface area contributed by atoms with E-state index >= 15 is 0 Å². The van der Waals surface area contributed by atoms with Crippen LogP contribution in [0.4, 0.5) is 0 Å². The van der Waals surface area contributed by atoms with E-state index in [0.717, 1.165) is 0 Å². The summed E-state index contributed by atoms with van der Waals surface area (Å²) in [6.45, 7) is 0.910. The van der Waals surface area contributed by atoms with Crippen LogP contribution in [-0.2, 0) is 0 Å². The summed E-state index contributed by atoms with van der Waals surface area (Å²) in [5.41, 5.74) is 0. The normalized spacial score (nSPS) is 28.6. The van der Waals surface area contributed by atoms with Crippen molar-refractivity contribution in [1.82, 2.24) is 0 Å². The Morgan fingerprint density at radius 3 is 2.70 bits per heavy atom. The van der Waals surface area contributed by atoms with Gasteiger partial charge in [0.2, 0.25) is 0 Å². The Morgan fingerprint density at radius 2 is 2.30 bits per heavy atom. The first-order chi connectivity index (χ1) is 4.27. The van der Waals surface area contributed by atoms with Crippen LogP contribution in [-0.4, -0.2) is 36.1 Å². The number of aliphatic hydroxyl groups excluding tert-OH is 1. The van der Waals surface area contributed by atoms with E-state index in [1.54, 1.807) is 12.5 Å². The van der Waals surface area contributed by atoms with Crippen LogP contribution in [0.1, 0.15) is 0 Å². The predicted molar refractivity (Wildman–Crippen MR) is 35.8 cm³/mol. The maximum absolute atomic E-state index is 8.58. The Bertz CT molecular complexity index is 144. The fourth-order valence-corrected chi connectivity index (χ4v) is 0.768. The third-order valence-corrected chi connectivity index (χ3v) is 1.41. The van der Waals surface area contributed by atoms with Gasteiger partial charge in [-0.1, -0.05) is 0 Å². The van der Waals surface area contributed by atoms with E-state index in [4.69, 9.17) is 5.11 Å². The highest BCUT2D eigenvalue weighted by Crippen LogP contribution is 2.04. The van der Waals surface area contributed by atoms with Gasteiger partial charge in [0.1, 0.15) is 12.7 Å². The van der Waals surface area contributed by atoms with Gasteiger partial charge in [0.25, 0.3) is 0 Å². The number of rotatable bonds is 2. The first kappa shape index (κ1) is 9.62. The summed E-state index contributed by atoms with van der Waals surface area (Å²) in [5.74, 6) is 0. The van der Waals surface area contributed by atoms with Gasteiger partial charge in [-0.3, -0.25) is 4.48 Å². The van der Waals surface area contributed by atoms with Gasteiger partial charge in [-0.25, -0.2) is 4.99 Å². The summed E-state index contributed by atoms with van der Waals surface area (Å²) in [6.07, 6.45) is 5.49. The molecule has 1 atom stereocenters. The Labute approximate surface area is 66.7 Å². The molecule has 0 fully saturated rings. The Balaban J connectivity index is 0.000000810. The van der Waals surface area contributed by atoms with Crippen LogP contribution >= 0.6 is 0 Å². The van der Waals surface area contributed by atoms with E-state index in [1.165, 1.54) is 0 Å². The minimum absolute atomic E-state index is 0. The second-order valence-electron chi connectivity index (χ2n) is 2.36. The number of likely N-dealkylation sites (N-methyl/N-ethyl adjacent to an activating group) is 1. The van der Waals surface area contributed by atoms with E-state index in [-0.39, 0.29) is 19.0 Å². The molecule has 1 aliphatic heterocycles. The summed E-state index contributed by atoms with van der Waals surface area (Å²) in [5, 5.41) is 8.58. The molecule has 1 unspecified atom stereocenters. The van der Waals surface area contributed by atoms with Crippen LogP contribution in [0.5, 0.6) is 0 Å². The second-order valence-corrected chi connectivity index (χ2v) is 2.36. The van der Waals surface area contributed by atoms with Crippen molar-refractivity contribution in [1.29, 1.82) is 0 Å². The van der Waals surface area contributed by atoms with Crippen LogP contribution in [0, 0.1) is 0 Å². The minimum atomic E-state index is 0. The maximum Gasteiger partial charge on any atom is 0.194 e. The lowest BCUT2D eigenvalue weighted by molar-refractivity contribution is -0.757. The first-order valence-corrected chi connectivity index (χ1v) is 2.95. The second kappa shape index (κ2) is 3.71. The van der Waals surface area contributed by atoms with Crippen LogP contribution in [0.2, 0.25) is 0 Å². The highest BCUT2D eigenvalue weighted by molar-refractivity contribution is 5.50. The lowest BCUT2D eigenvalue weighted by Gasteiger charge is -2.19. The fraction of sp³-hybridized carbons (Fsp3) is 0.500. The molecule has 0 aromatic carbocycles. The van der Waals surface area contributed by atoms with Gasteiger partial charge in [-0.2, -0.15) is 0 Å². The molecule has 1 heterocycles. The van der Waals surface area contributed by atoms with Crippen molar-refractivity contribution < 1.29 is 22.0 Å². The molecular formula is C6H11ClN2O. The number of hydrogen-bond acceptors (Lipinski definition) is 2. The smallest absolute Gasteiger partial charge is 0.194 e. The lowest BCUT2D eigenvalue weighted by atomic mass is 10.5. The van der Waals surface area contributed by atoms with Crippen molar-refractivity contribution in [2.45, 2.75) is 0 Å². The van der Waals surface area contributed by atoms with E-state index in [9.17, 15) is 0 Å². The third kappa shape index (κ3) is 2.10. The van der Waals surface area contributed by atoms with Crippen molar-refractivity contribution in [3.05, 3.63) is 12.4 Å². The molecule has 3 nitrogen and oxygen atoms in total. The van der Waals surface area contributed by atoms with E-state index in [2.05, 4.69) is 4.99 Å². The zero-order chi connectivity index (χ0) is 6.74. The third-order valence-electron chi connectivity index (χ3n) is 1.41. The number of hydrogen-bond donors (Lipinski definition) is 1. The van der Waals surface area contributed by atoms with Gasteiger partial charge in [-0.05, 0) is 0 Å². The topological polar surface area (TPSA) is 32.6 Å². The number of halogens is 1. The zero-order valence-corrected chi connectivity index (χ0v) is 6.62. The fourth-order valence-electron chi connectivity index (χ4n) is 0.768. The van der Waals surface area contributed by atoms with E-state index in [0.29, 0.717) is 11.0 Å². The Kier molecular flexibility index (Phi) is 3.57. The molecule has 58 valence electrons. The maximum atomic E-state index is 8.58. The molecule has 0 amide bonds. The average Bonchev–Trinajstić information content (AvgIpc) is 2.16. The van der Waals surface area contributed by atoms with Gasteiger partial charge in [0.15, 0.2) is 6.34 Å². The summed E-state index contributed by atoms with van der Waals surface area (Å²) in [6, 6.07) is 0. The van der Waals surface area contributed by atoms with Gasteiger partial charge in [-0.15, -0.1) is 0 Å². The van der Waals surface area contributed by atoms with Gasteiger partial charge >= 0.3 is 0 Å². The highest BCUT2D eigenvalue weighted by atomic mass is 35.5. The molecule has 10 heavy (non-hydrogen) atoms. The van der Waals surface area contributed by atoms with E-state index < -0.39 is 0 Å². The summed E-state index contributed by atoms with van der Waals surface area (Å²) >= 11 is 0. The Morgan fingerprint density at radius 1 is 1.60 bits per heavy atom. The van der Waals surface area contributed by atoms with Crippen LogP contribution < -0.4 is 12.4 Å². The molecule has 1 rings (SSSR count). The van der Waals surface area contributed by atoms with Crippen LogP contribution in [0.15, 0.2) is 17.4 Å². The van der Waals surface area contributed by atoms with Gasteiger partial charge in [0, 0.05) is 0 Å². The van der Waals surface area contributed by atoms with Crippen molar-refractivity contribution in [2.75, 3.05) is 20.2 Å². The van der Waals surface area contributed by atoms with Crippen LogP contribution in [0.25, 0.3) is 0 Å². The highest BCUT2D eigenvalue weighted by Gasteiger charge is 2.17. The summed E-state index contributed by atoms with van der Waals surface area (Å²) in [4.78, 5) is 3.91. The molecule has 0 spiro atoms. The lowest BCUT2D eigenvalue weighted by Crippen LogP contribution is -3.00. The zero-order valence-electron chi connectivity index (χ0n) is 5.87.